The highest BCUT2D eigenvalue weighted by atomic mass is 16.6. The van der Waals surface area contributed by atoms with Crippen molar-refractivity contribution < 1.29 is 70.1 Å². The van der Waals surface area contributed by atoms with Crippen LogP contribution in [0.1, 0.15) is 0 Å². The Morgan fingerprint density at radius 3 is 2.14 bits per heavy atom. The number of carbonyl (C=O) groups excluding carboxylic acids is 2. The number of carbonyl (C=O) groups is 2. The third kappa shape index (κ3) is 5.27. The van der Waals surface area contributed by atoms with Crippen LogP contribution in [0.4, 0.5) is 0 Å². The van der Waals surface area contributed by atoms with Crippen molar-refractivity contribution in [1.29, 1.82) is 0 Å². The minimum absolute atomic E-state index is 1.01. The molecule has 1 aliphatic heterocycles. The largest absolute Gasteiger partial charge is 0.506 e. The summed E-state index contributed by atoms with van der Waals surface area (Å²) < 4.78 is 8.86. The molecular formula is C14H22O14. The van der Waals surface area contributed by atoms with E-state index in [1.54, 1.807) is 0 Å². The Hall–Kier alpha value is -2.04. The average molecular weight is 414 g/mol. The van der Waals surface area contributed by atoms with E-state index < -0.39 is 85.5 Å². The van der Waals surface area contributed by atoms with E-state index >= 15 is 0 Å². The summed E-state index contributed by atoms with van der Waals surface area (Å²) >= 11 is 0. The van der Waals surface area contributed by atoms with E-state index in [2.05, 4.69) is 9.47 Å². The molecule has 0 aromatic rings. The molecule has 10 N–H and O–H groups in total. The first-order valence-electron chi connectivity index (χ1n) is 7.81. The van der Waals surface area contributed by atoms with Gasteiger partial charge in [0.2, 0.25) is 5.76 Å². The molecule has 14 nitrogen and oxygen atoms in total. The van der Waals surface area contributed by atoms with E-state index in [1.165, 1.54) is 0 Å². The van der Waals surface area contributed by atoms with Gasteiger partial charge >= 0.3 is 11.9 Å². The molecule has 1 saturated heterocycles. The first-order chi connectivity index (χ1) is 12.9. The van der Waals surface area contributed by atoms with Crippen LogP contribution in [-0.2, 0) is 19.1 Å². The third-order valence-corrected chi connectivity index (χ3v) is 3.89. The Bertz CT molecular complexity index is 591. The summed E-state index contributed by atoms with van der Waals surface area (Å²) in [6, 6.07) is 0. The van der Waals surface area contributed by atoms with Crippen LogP contribution in [0, 0.1) is 0 Å². The van der Waals surface area contributed by atoms with Crippen LogP contribution in [0.25, 0.3) is 0 Å². The maximum absolute atomic E-state index is 11.6. The van der Waals surface area contributed by atoms with Gasteiger partial charge in [0, 0.05) is 0 Å². The zero-order chi connectivity index (χ0) is 21.8. The quantitative estimate of drug-likeness (QED) is 0.101. The smallest absolute Gasteiger partial charge is 0.377 e. The Balaban J connectivity index is 2.71. The number of aliphatic hydroxyl groups is 10. The van der Waals surface area contributed by atoms with E-state index in [0.29, 0.717) is 0 Å². The molecule has 8 atom stereocenters. The van der Waals surface area contributed by atoms with Crippen LogP contribution in [0.2, 0.25) is 0 Å². The minimum atomic E-state index is -2.22. The lowest BCUT2D eigenvalue weighted by Crippen LogP contribution is -2.61. The molecule has 0 aromatic carbocycles. The van der Waals surface area contributed by atoms with Crippen LogP contribution >= 0.6 is 0 Å². The summed E-state index contributed by atoms with van der Waals surface area (Å²) in [5, 5.41) is 94.0. The molecule has 0 aliphatic carbocycles. The molecule has 1 fully saturated rings. The highest BCUT2D eigenvalue weighted by molar-refractivity contribution is 5.86. The number of ether oxygens (including phenoxy) is 2. The van der Waals surface area contributed by atoms with Crippen molar-refractivity contribution in [2.45, 2.75) is 48.8 Å². The molecule has 0 spiro atoms. The number of esters is 2. The van der Waals surface area contributed by atoms with Gasteiger partial charge in [-0.25, -0.2) is 9.59 Å². The first kappa shape index (κ1) is 24.0. The fourth-order valence-corrected chi connectivity index (χ4v) is 2.14. The monoisotopic (exact) mass is 414 g/mol. The van der Waals surface area contributed by atoms with Crippen molar-refractivity contribution in [2.75, 3.05) is 13.2 Å². The molecule has 1 aliphatic rings. The van der Waals surface area contributed by atoms with Gasteiger partial charge in [0.05, 0.1) is 6.61 Å². The third-order valence-electron chi connectivity index (χ3n) is 3.89. The molecule has 1 heterocycles. The number of aliphatic hydroxyl groups excluding tert-OH is 10. The standard InChI is InChI=1S/C14H22O14/c15-1-3(16)5(18)7(20)10(23)13(25)27-2-4(17)6(19)12-9(22)8(21)11(24)14(26)28-12/h3-6,8-9,11-12,15-24H,1-2H2/b10-7-/t3-,4-,5-,6-,8-,9+,11-,12+/m1/s1. The number of rotatable bonds is 8. The van der Waals surface area contributed by atoms with Gasteiger partial charge in [-0.1, -0.05) is 0 Å². The van der Waals surface area contributed by atoms with Crippen molar-refractivity contribution in [3.63, 3.8) is 0 Å². The fraction of sp³-hybridized carbons (Fsp3) is 0.714. The highest BCUT2D eigenvalue weighted by Gasteiger charge is 2.48. The lowest BCUT2D eigenvalue weighted by Gasteiger charge is -2.37. The van der Waals surface area contributed by atoms with Gasteiger partial charge in [-0.05, 0) is 0 Å². The molecule has 14 heteroatoms. The van der Waals surface area contributed by atoms with Crippen LogP contribution in [-0.4, -0.2) is 125 Å². The molecule has 0 saturated carbocycles. The maximum atomic E-state index is 11.6. The normalized spacial score (nSPS) is 30.5. The molecule has 28 heavy (non-hydrogen) atoms. The summed E-state index contributed by atoms with van der Waals surface area (Å²) in [7, 11) is 0. The van der Waals surface area contributed by atoms with E-state index in [1.807, 2.05) is 0 Å². The molecule has 162 valence electrons. The van der Waals surface area contributed by atoms with E-state index in [4.69, 9.17) is 10.2 Å². The molecule has 0 aromatic heterocycles. The lowest BCUT2D eigenvalue weighted by molar-refractivity contribution is -0.224. The fourth-order valence-electron chi connectivity index (χ4n) is 2.14. The summed E-state index contributed by atoms with van der Waals surface area (Å²) in [6.45, 7) is -2.09. The predicted molar refractivity (Wildman–Crippen MR) is 82.3 cm³/mol. The molecule has 1 rings (SSSR count). The van der Waals surface area contributed by atoms with Crippen molar-refractivity contribution in [3.8, 4) is 0 Å². The van der Waals surface area contributed by atoms with E-state index in [9.17, 15) is 50.4 Å². The molecule has 0 unspecified atom stereocenters. The summed E-state index contributed by atoms with van der Waals surface area (Å²) in [4.78, 5) is 22.9. The first-order valence-corrected chi connectivity index (χ1v) is 7.81. The maximum Gasteiger partial charge on any atom is 0.377 e. The Morgan fingerprint density at radius 2 is 1.61 bits per heavy atom. The average Bonchev–Trinajstić information content (AvgIpc) is 2.69. The second kappa shape index (κ2) is 9.94. The molecular weight excluding hydrogens is 392 g/mol. The van der Waals surface area contributed by atoms with Crippen LogP contribution in [0.3, 0.4) is 0 Å². The van der Waals surface area contributed by atoms with Gasteiger partial charge in [-0.2, -0.15) is 0 Å². The van der Waals surface area contributed by atoms with Crippen LogP contribution in [0.5, 0.6) is 0 Å². The summed E-state index contributed by atoms with van der Waals surface area (Å²) in [5.41, 5.74) is 0. The van der Waals surface area contributed by atoms with Gasteiger partial charge in [-0.3, -0.25) is 0 Å². The minimum Gasteiger partial charge on any atom is -0.506 e. The zero-order valence-corrected chi connectivity index (χ0v) is 14.1. The van der Waals surface area contributed by atoms with Crippen molar-refractivity contribution in [1.82, 2.24) is 0 Å². The number of cyclic esters (lactones) is 1. The Kier molecular flexibility index (Phi) is 8.52. The van der Waals surface area contributed by atoms with Gasteiger partial charge in [0.1, 0.15) is 43.2 Å². The Morgan fingerprint density at radius 1 is 1.04 bits per heavy atom. The van der Waals surface area contributed by atoms with Gasteiger partial charge in [0.25, 0.3) is 0 Å². The molecule has 0 bridgehead atoms. The van der Waals surface area contributed by atoms with E-state index in [0.717, 1.165) is 0 Å². The SMILES string of the molecule is O=C(OC[C@@H](O)[C@@H](O)[C@@H]1OC(=O)[C@H](O)[C@H](O)[C@@H]1O)/C(O)=C(/O)[C@H](O)[C@H](O)CO. The Labute approximate surface area is 156 Å². The van der Waals surface area contributed by atoms with Crippen LogP contribution in [0.15, 0.2) is 11.5 Å². The molecule has 0 radical (unpaired) electrons. The zero-order valence-electron chi connectivity index (χ0n) is 14.1. The molecule has 0 amide bonds. The second-order valence-electron chi connectivity index (χ2n) is 5.91. The van der Waals surface area contributed by atoms with Crippen LogP contribution < -0.4 is 0 Å². The topological polar surface area (TPSA) is 255 Å². The van der Waals surface area contributed by atoms with Gasteiger partial charge in [-0.15, -0.1) is 0 Å². The van der Waals surface area contributed by atoms with Crippen molar-refractivity contribution in [3.05, 3.63) is 11.5 Å². The van der Waals surface area contributed by atoms with Crippen molar-refractivity contribution >= 4 is 11.9 Å². The lowest BCUT2D eigenvalue weighted by atomic mass is 9.94. The number of hydrogen-bond donors (Lipinski definition) is 10. The second-order valence-corrected chi connectivity index (χ2v) is 5.91. The summed E-state index contributed by atoms with van der Waals surface area (Å²) in [5.74, 6) is -6.09. The van der Waals surface area contributed by atoms with Crippen molar-refractivity contribution in [2.24, 2.45) is 0 Å². The van der Waals surface area contributed by atoms with E-state index in [-0.39, 0.29) is 0 Å². The van der Waals surface area contributed by atoms with Gasteiger partial charge in [0.15, 0.2) is 18.0 Å². The highest BCUT2D eigenvalue weighted by Crippen LogP contribution is 2.21. The van der Waals surface area contributed by atoms with Gasteiger partial charge < -0.3 is 60.5 Å². The predicted octanol–water partition coefficient (Wildman–Crippen LogP) is -5.70. The number of hydrogen-bond acceptors (Lipinski definition) is 14. The summed E-state index contributed by atoms with van der Waals surface area (Å²) in [6.07, 6.45) is -16.2.